The lowest BCUT2D eigenvalue weighted by Gasteiger charge is -2.10. The summed E-state index contributed by atoms with van der Waals surface area (Å²) in [5.74, 6) is -0.160. The molecule has 0 radical (unpaired) electrons. The zero-order valence-corrected chi connectivity index (χ0v) is 15.0. The number of benzene rings is 1. The topological polar surface area (TPSA) is 79.8 Å². The molecule has 0 fully saturated rings. The molecule has 0 aliphatic heterocycles. The Morgan fingerprint density at radius 1 is 1.12 bits per heavy atom. The highest BCUT2D eigenvalue weighted by atomic mass is 16.1. The van der Waals surface area contributed by atoms with Crippen molar-refractivity contribution < 1.29 is 4.79 Å². The van der Waals surface area contributed by atoms with E-state index in [-0.39, 0.29) is 11.5 Å². The van der Waals surface area contributed by atoms with E-state index in [1.165, 1.54) is 0 Å². The molecule has 134 valence electrons. The molecule has 26 heavy (non-hydrogen) atoms. The molecule has 2 heterocycles. The Morgan fingerprint density at radius 3 is 2.62 bits per heavy atom. The van der Waals surface area contributed by atoms with Gasteiger partial charge in [0.2, 0.25) is 0 Å². The van der Waals surface area contributed by atoms with Crippen molar-refractivity contribution in [3.8, 4) is 11.3 Å². The minimum Gasteiger partial charge on any atom is -0.352 e. The van der Waals surface area contributed by atoms with Crippen molar-refractivity contribution in [1.29, 1.82) is 0 Å². The third kappa shape index (κ3) is 3.74. The van der Waals surface area contributed by atoms with Crippen LogP contribution in [-0.4, -0.2) is 27.2 Å². The minimum absolute atomic E-state index is 0.0200. The molecule has 1 amide bonds. The first-order chi connectivity index (χ1) is 12.6. The predicted molar refractivity (Wildman–Crippen MR) is 101 cm³/mol. The molecule has 6 heteroatoms. The average molecular weight is 350 g/mol. The molecule has 2 N–H and O–H groups in total. The first-order valence-electron chi connectivity index (χ1n) is 8.63. The molecule has 1 aromatic carbocycles. The van der Waals surface area contributed by atoms with Crippen molar-refractivity contribution in [2.45, 2.75) is 26.8 Å². The number of H-pyrrole nitrogens is 1. The van der Waals surface area contributed by atoms with Crippen LogP contribution in [0.4, 0.5) is 0 Å². The van der Waals surface area contributed by atoms with E-state index in [4.69, 9.17) is 0 Å². The number of aromatic amines is 1. The molecule has 0 unspecified atom stereocenters. The quantitative estimate of drug-likeness (QED) is 0.671. The van der Waals surface area contributed by atoms with Gasteiger partial charge < -0.3 is 9.88 Å². The van der Waals surface area contributed by atoms with Crippen LogP contribution in [0.5, 0.6) is 0 Å². The number of hydrogen-bond donors (Lipinski definition) is 2. The van der Waals surface area contributed by atoms with Crippen molar-refractivity contribution >= 4 is 5.91 Å². The van der Waals surface area contributed by atoms with Crippen LogP contribution in [-0.2, 0) is 6.54 Å². The minimum atomic E-state index is -0.160. The summed E-state index contributed by atoms with van der Waals surface area (Å²) in [4.78, 5) is 24.5. The van der Waals surface area contributed by atoms with Gasteiger partial charge in [-0.25, -0.2) is 0 Å². The molecule has 0 aliphatic carbocycles. The van der Waals surface area contributed by atoms with Crippen LogP contribution in [0, 0.1) is 13.8 Å². The number of nitrogens with zero attached hydrogens (tertiary/aromatic N) is 2. The number of aryl methyl sites for hydroxylation is 2. The second-order valence-electron chi connectivity index (χ2n) is 6.20. The molecule has 0 saturated carbocycles. The van der Waals surface area contributed by atoms with Gasteiger partial charge >= 0.3 is 0 Å². The van der Waals surface area contributed by atoms with Gasteiger partial charge in [-0.2, -0.15) is 5.10 Å². The summed E-state index contributed by atoms with van der Waals surface area (Å²) in [5, 5.41) is 10.1. The van der Waals surface area contributed by atoms with Gasteiger partial charge in [-0.1, -0.05) is 36.4 Å². The Morgan fingerprint density at radius 2 is 1.88 bits per heavy atom. The fourth-order valence-electron chi connectivity index (χ4n) is 2.95. The molecule has 0 spiro atoms. The van der Waals surface area contributed by atoms with E-state index in [1.54, 1.807) is 16.7 Å². The molecule has 0 aliphatic rings. The maximum atomic E-state index is 12.6. The molecule has 6 nitrogen and oxygen atoms in total. The Hall–Kier alpha value is -3.15. The van der Waals surface area contributed by atoms with Gasteiger partial charge in [-0.05, 0) is 26.3 Å². The number of carbonyl (C=O) groups excluding carboxylic acids is 1. The van der Waals surface area contributed by atoms with E-state index < -0.39 is 0 Å². The highest BCUT2D eigenvalue weighted by Crippen LogP contribution is 2.23. The van der Waals surface area contributed by atoms with Crippen molar-refractivity contribution in [2.24, 2.45) is 0 Å². The molecule has 3 rings (SSSR count). The predicted octanol–water partition coefficient (Wildman–Crippen LogP) is 2.68. The van der Waals surface area contributed by atoms with E-state index in [9.17, 15) is 9.59 Å². The smallest absolute Gasteiger partial charge is 0.255 e. The largest absolute Gasteiger partial charge is 0.352 e. The lowest BCUT2D eigenvalue weighted by molar-refractivity contribution is 0.0953. The first kappa shape index (κ1) is 17.7. The van der Waals surface area contributed by atoms with Gasteiger partial charge in [-0.15, -0.1) is 0 Å². The van der Waals surface area contributed by atoms with Crippen LogP contribution < -0.4 is 10.9 Å². The summed E-state index contributed by atoms with van der Waals surface area (Å²) in [6.45, 7) is 4.79. The molecule has 3 aromatic rings. The Labute approximate surface area is 151 Å². The summed E-state index contributed by atoms with van der Waals surface area (Å²) < 4.78 is 1.71. The maximum absolute atomic E-state index is 12.6. The molecular weight excluding hydrogens is 328 g/mol. The third-order valence-electron chi connectivity index (χ3n) is 4.33. The molecule has 0 saturated heterocycles. The average Bonchev–Trinajstić information content (AvgIpc) is 3.03. The number of amides is 1. The Balaban J connectivity index is 1.65. The van der Waals surface area contributed by atoms with Crippen LogP contribution in [0.15, 0.2) is 53.3 Å². The van der Waals surface area contributed by atoms with Crippen LogP contribution in [0.2, 0.25) is 0 Å². The fourth-order valence-corrected chi connectivity index (χ4v) is 2.95. The van der Waals surface area contributed by atoms with Crippen LogP contribution in [0.25, 0.3) is 11.3 Å². The number of aromatic nitrogens is 3. The van der Waals surface area contributed by atoms with Gasteiger partial charge in [0.05, 0.1) is 5.56 Å². The molecule has 0 atom stereocenters. The summed E-state index contributed by atoms with van der Waals surface area (Å²) in [7, 11) is 0. The zero-order chi connectivity index (χ0) is 18.5. The molecular formula is C20H22N4O2. The number of carbonyl (C=O) groups is 1. The van der Waals surface area contributed by atoms with E-state index in [2.05, 4.69) is 15.5 Å². The van der Waals surface area contributed by atoms with Gasteiger partial charge in [0.1, 0.15) is 5.69 Å². The Bertz CT molecular complexity index is 957. The molecule has 0 bridgehead atoms. The second kappa shape index (κ2) is 7.82. The summed E-state index contributed by atoms with van der Waals surface area (Å²) in [6.07, 6.45) is 0.675. The van der Waals surface area contributed by atoms with Gasteiger partial charge in [0.25, 0.3) is 11.5 Å². The van der Waals surface area contributed by atoms with E-state index >= 15 is 0 Å². The summed E-state index contributed by atoms with van der Waals surface area (Å²) >= 11 is 0. The normalized spacial score (nSPS) is 10.7. The third-order valence-corrected chi connectivity index (χ3v) is 4.33. The summed E-state index contributed by atoms with van der Waals surface area (Å²) in [6, 6.07) is 14.8. The van der Waals surface area contributed by atoms with Gasteiger partial charge in [0, 0.05) is 36.1 Å². The van der Waals surface area contributed by atoms with Crippen molar-refractivity contribution in [2.75, 3.05) is 6.54 Å². The van der Waals surface area contributed by atoms with Gasteiger partial charge in [-0.3, -0.25) is 14.7 Å². The zero-order valence-electron chi connectivity index (χ0n) is 15.0. The van der Waals surface area contributed by atoms with Crippen molar-refractivity contribution in [3.05, 3.63) is 75.8 Å². The number of rotatable bonds is 6. The maximum Gasteiger partial charge on any atom is 0.255 e. The van der Waals surface area contributed by atoms with E-state index in [1.807, 2.05) is 50.2 Å². The fraction of sp³-hybridized carbons (Fsp3) is 0.250. The van der Waals surface area contributed by atoms with Gasteiger partial charge in [0.15, 0.2) is 0 Å². The first-order valence-corrected chi connectivity index (χ1v) is 8.63. The van der Waals surface area contributed by atoms with E-state index in [0.717, 1.165) is 17.0 Å². The molecule has 2 aromatic heterocycles. The monoisotopic (exact) mass is 350 g/mol. The van der Waals surface area contributed by atoms with E-state index in [0.29, 0.717) is 30.8 Å². The van der Waals surface area contributed by atoms with Crippen molar-refractivity contribution in [1.82, 2.24) is 20.1 Å². The highest BCUT2D eigenvalue weighted by Gasteiger charge is 2.18. The lowest BCUT2D eigenvalue weighted by Crippen LogP contribution is -2.28. The summed E-state index contributed by atoms with van der Waals surface area (Å²) in [5.41, 5.74) is 3.74. The van der Waals surface area contributed by atoms with Crippen LogP contribution in [0.1, 0.15) is 28.2 Å². The SMILES string of the molecule is Cc1[nH]nc(-c2ccccc2)c1C(=O)NCCCn1c(C)cccc1=O. The second-order valence-corrected chi connectivity index (χ2v) is 6.20. The van der Waals surface area contributed by atoms with Crippen LogP contribution in [0.3, 0.4) is 0 Å². The van der Waals surface area contributed by atoms with Crippen molar-refractivity contribution in [3.63, 3.8) is 0 Å². The van der Waals surface area contributed by atoms with Crippen LogP contribution >= 0.6 is 0 Å². The number of hydrogen-bond acceptors (Lipinski definition) is 3. The number of nitrogens with one attached hydrogen (secondary N) is 2. The number of pyridine rings is 1. The Kier molecular flexibility index (Phi) is 5.31. The lowest BCUT2D eigenvalue weighted by atomic mass is 10.1. The standard InChI is InChI=1S/C20H22N4O2/c1-14-8-6-11-17(25)24(14)13-7-12-21-20(26)18-15(2)22-23-19(18)16-9-4-3-5-10-16/h3-6,8-11H,7,12-13H2,1-2H3,(H,21,26)(H,22,23). The highest BCUT2D eigenvalue weighted by molar-refractivity contribution is 6.01.